The van der Waals surface area contributed by atoms with Crippen LogP contribution in [-0.4, -0.2) is 40.1 Å². The number of H-pyrrole nitrogens is 1. The first-order valence-electron chi connectivity index (χ1n) is 10.8. The van der Waals surface area contributed by atoms with Gasteiger partial charge in [0, 0.05) is 47.7 Å². The summed E-state index contributed by atoms with van der Waals surface area (Å²) < 4.78 is 7.24. The van der Waals surface area contributed by atoms with Crippen LogP contribution in [-0.2, 0) is 34.2 Å². The number of aryl methyl sites for hydroxylation is 1. The molecule has 0 radical (unpaired) electrons. The van der Waals surface area contributed by atoms with Gasteiger partial charge in [-0.2, -0.15) is 0 Å². The number of benzene rings is 2. The van der Waals surface area contributed by atoms with Gasteiger partial charge in [-0.3, -0.25) is 4.79 Å². The van der Waals surface area contributed by atoms with E-state index in [1.54, 1.807) is 6.92 Å². The Morgan fingerprint density at radius 2 is 1.78 bits per heavy atom. The number of hydrogen-bond donors (Lipinski definition) is 3. The molecular formula is C25H28N4O3. The molecule has 32 heavy (non-hydrogen) atoms. The van der Waals surface area contributed by atoms with Crippen molar-refractivity contribution >= 4 is 33.7 Å². The first-order valence-corrected chi connectivity index (χ1v) is 10.8. The fraction of sp³-hybridized carbons (Fsp3) is 0.280. The minimum atomic E-state index is -0.817. The van der Waals surface area contributed by atoms with Crippen LogP contribution < -0.4 is 11.1 Å². The van der Waals surface area contributed by atoms with E-state index in [9.17, 15) is 9.59 Å². The third kappa shape index (κ3) is 4.38. The van der Waals surface area contributed by atoms with Gasteiger partial charge in [0.25, 0.3) is 0 Å². The zero-order valence-corrected chi connectivity index (χ0v) is 18.3. The van der Waals surface area contributed by atoms with Gasteiger partial charge >= 0.3 is 5.97 Å². The molecule has 0 aliphatic carbocycles. The van der Waals surface area contributed by atoms with Crippen molar-refractivity contribution in [2.45, 2.75) is 31.8 Å². The number of amides is 1. The van der Waals surface area contributed by atoms with E-state index in [0.29, 0.717) is 12.8 Å². The first kappa shape index (κ1) is 21.6. The Hall–Kier alpha value is -3.58. The Bertz CT molecular complexity index is 1260. The number of fused-ring (bicyclic) bond motifs is 2. The molecule has 0 saturated heterocycles. The Morgan fingerprint density at radius 3 is 2.56 bits per heavy atom. The molecule has 1 amide bonds. The van der Waals surface area contributed by atoms with Gasteiger partial charge in [-0.15, -0.1) is 0 Å². The lowest BCUT2D eigenvalue weighted by Gasteiger charge is -2.19. The second-order valence-corrected chi connectivity index (χ2v) is 7.97. The van der Waals surface area contributed by atoms with Crippen molar-refractivity contribution in [3.63, 3.8) is 0 Å². The standard InChI is InChI=1S/C25H28N4O3/c1-3-32-25(31)22(13-17-15-29(2)23-11-7-5-9-19(17)23)28-24(30)20(26)12-16-14-27-21-10-6-4-8-18(16)21/h4-11,14-15,20,22,27H,3,12-13,26H2,1-2H3,(H,28,30)/t20-,22-/m1/s1. The minimum Gasteiger partial charge on any atom is -0.464 e. The van der Waals surface area contributed by atoms with Crippen LogP contribution in [0.25, 0.3) is 21.8 Å². The van der Waals surface area contributed by atoms with Gasteiger partial charge < -0.3 is 25.3 Å². The van der Waals surface area contributed by atoms with Crippen molar-refractivity contribution in [2.75, 3.05) is 6.61 Å². The predicted octanol–water partition coefficient (Wildman–Crippen LogP) is 2.82. The van der Waals surface area contributed by atoms with Crippen LogP contribution in [0, 0.1) is 0 Å². The van der Waals surface area contributed by atoms with E-state index in [2.05, 4.69) is 10.3 Å². The quantitative estimate of drug-likeness (QED) is 0.373. The summed E-state index contributed by atoms with van der Waals surface area (Å²) in [4.78, 5) is 28.8. The van der Waals surface area contributed by atoms with E-state index in [1.807, 2.05) is 72.5 Å². The smallest absolute Gasteiger partial charge is 0.328 e. The van der Waals surface area contributed by atoms with Crippen molar-refractivity contribution in [2.24, 2.45) is 12.8 Å². The zero-order chi connectivity index (χ0) is 22.7. The molecule has 0 aliphatic rings. The molecule has 4 N–H and O–H groups in total. The van der Waals surface area contributed by atoms with Crippen LogP contribution in [0.5, 0.6) is 0 Å². The summed E-state index contributed by atoms with van der Waals surface area (Å²) in [5, 5.41) is 4.91. The van der Waals surface area contributed by atoms with E-state index < -0.39 is 18.1 Å². The maximum absolute atomic E-state index is 12.9. The number of esters is 1. The number of nitrogens with one attached hydrogen (secondary N) is 2. The SMILES string of the molecule is CCOC(=O)[C@@H](Cc1cn(C)c2ccccc12)NC(=O)[C@H](N)Cc1c[nH]c2ccccc12. The van der Waals surface area contributed by atoms with Gasteiger partial charge in [0.15, 0.2) is 0 Å². The Labute approximate surface area is 186 Å². The van der Waals surface area contributed by atoms with Crippen LogP contribution in [0.3, 0.4) is 0 Å². The first-order chi connectivity index (χ1) is 15.5. The Kier molecular flexibility index (Phi) is 6.28. The van der Waals surface area contributed by atoms with Crippen LogP contribution in [0.15, 0.2) is 60.9 Å². The second-order valence-electron chi connectivity index (χ2n) is 7.97. The number of para-hydroxylation sites is 2. The fourth-order valence-electron chi connectivity index (χ4n) is 4.15. The molecule has 7 heteroatoms. The van der Waals surface area contributed by atoms with Gasteiger partial charge in [-0.05, 0) is 36.6 Å². The van der Waals surface area contributed by atoms with Crippen molar-refractivity contribution in [1.29, 1.82) is 0 Å². The van der Waals surface area contributed by atoms with Gasteiger partial charge in [-0.1, -0.05) is 36.4 Å². The second kappa shape index (κ2) is 9.28. The number of carbonyl (C=O) groups is 2. The van der Waals surface area contributed by atoms with Crippen LogP contribution in [0.4, 0.5) is 0 Å². The largest absolute Gasteiger partial charge is 0.464 e. The average molecular weight is 433 g/mol. The molecule has 4 aromatic rings. The highest BCUT2D eigenvalue weighted by Gasteiger charge is 2.27. The maximum atomic E-state index is 12.9. The fourth-order valence-corrected chi connectivity index (χ4v) is 4.15. The van der Waals surface area contributed by atoms with Gasteiger partial charge in [0.2, 0.25) is 5.91 Å². The molecule has 2 heterocycles. The van der Waals surface area contributed by atoms with Crippen LogP contribution in [0.1, 0.15) is 18.1 Å². The highest BCUT2D eigenvalue weighted by molar-refractivity contribution is 5.90. The lowest BCUT2D eigenvalue weighted by Crippen LogP contribution is -2.50. The van der Waals surface area contributed by atoms with Gasteiger partial charge in [-0.25, -0.2) is 4.79 Å². The summed E-state index contributed by atoms with van der Waals surface area (Å²) in [7, 11) is 1.96. The molecule has 0 spiro atoms. The number of aromatic nitrogens is 2. The molecule has 2 aromatic carbocycles. The van der Waals surface area contributed by atoms with E-state index in [1.165, 1.54) is 0 Å². The molecule has 7 nitrogen and oxygen atoms in total. The highest BCUT2D eigenvalue weighted by Crippen LogP contribution is 2.22. The maximum Gasteiger partial charge on any atom is 0.328 e. The molecule has 0 bridgehead atoms. The van der Waals surface area contributed by atoms with Crippen LogP contribution >= 0.6 is 0 Å². The molecule has 2 atom stereocenters. The predicted molar refractivity (Wildman–Crippen MR) is 125 cm³/mol. The van der Waals surface area contributed by atoms with E-state index in [-0.39, 0.29) is 12.5 Å². The Morgan fingerprint density at radius 1 is 1.06 bits per heavy atom. The number of nitrogens with two attached hydrogens (primary N) is 1. The minimum absolute atomic E-state index is 0.238. The number of rotatable bonds is 8. The lowest BCUT2D eigenvalue weighted by molar-refractivity contribution is -0.147. The van der Waals surface area contributed by atoms with Gasteiger partial charge in [0.05, 0.1) is 12.6 Å². The lowest BCUT2D eigenvalue weighted by atomic mass is 10.0. The number of carbonyl (C=O) groups excluding carboxylic acids is 2. The molecule has 4 rings (SSSR count). The number of ether oxygens (including phenoxy) is 1. The monoisotopic (exact) mass is 432 g/mol. The van der Waals surface area contributed by atoms with Crippen molar-refractivity contribution < 1.29 is 14.3 Å². The number of hydrogen-bond acceptors (Lipinski definition) is 4. The number of aromatic amines is 1. The van der Waals surface area contributed by atoms with Gasteiger partial charge in [0.1, 0.15) is 6.04 Å². The van der Waals surface area contributed by atoms with Crippen LogP contribution in [0.2, 0.25) is 0 Å². The van der Waals surface area contributed by atoms with Crippen molar-refractivity contribution in [3.05, 3.63) is 72.1 Å². The molecule has 2 aromatic heterocycles. The third-order valence-electron chi connectivity index (χ3n) is 5.74. The molecule has 0 fully saturated rings. The summed E-state index contributed by atoms with van der Waals surface area (Å²) in [5.74, 6) is -0.846. The highest BCUT2D eigenvalue weighted by atomic mass is 16.5. The topological polar surface area (TPSA) is 102 Å². The molecule has 0 saturated carbocycles. The van der Waals surface area contributed by atoms with E-state index in [0.717, 1.165) is 32.9 Å². The number of nitrogens with zero attached hydrogens (tertiary/aromatic N) is 1. The normalized spacial score (nSPS) is 13.2. The van der Waals surface area contributed by atoms with E-state index in [4.69, 9.17) is 10.5 Å². The summed E-state index contributed by atoms with van der Waals surface area (Å²) in [6.45, 7) is 1.99. The molecule has 0 unspecified atom stereocenters. The third-order valence-corrected chi connectivity index (χ3v) is 5.74. The molecule has 166 valence electrons. The molecular weight excluding hydrogens is 404 g/mol. The molecule has 0 aliphatic heterocycles. The van der Waals surface area contributed by atoms with E-state index >= 15 is 0 Å². The van der Waals surface area contributed by atoms with Crippen molar-refractivity contribution in [1.82, 2.24) is 14.9 Å². The van der Waals surface area contributed by atoms with Crippen molar-refractivity contribution in [3.8, 4) is 0 Å². The summed E-state index contributed by atoms with van der Waals surface area (Å²) in [6, 6.07) is 14.2. The average Bonchev–Trinajstić information content (AvgIpc) is 3.34. The zero-order valence-electron chi connectivity index (χ0n) is 18.3. The summed E-state index contributed by atoms with van der Waals surface area (Å²) >= 11 is 0. The Balaban J connectivity index is 1.51. The summed E-state index contributed by atoms with van der Waals surface area (Å²) in [6.07, 6.45) is 4.54. The summed E-state index contributed by atoms with van der Waals surface area (Å²) in [5.41, 5.74) is 10.2.